The van der Waals surface area contributed by atoms with Gasteiger partial charge in [0, 0.05) is 12.0 Å². The molecule has 0 spiro atoms. The highest BCUT2D eigenvalue weighted by Gasteiger charge is 2.32. The second kappa shape index (κ2) is 6.27. The highest BCUT2D eigenvalue weighted by molar-refractivity contribution is 5.97. The highest BCUT2D eigenvalue weighted by Crippen LogP contribution is 2.27. The summed E-state index contributed by atoms with van der Waals surface area (Å²) in [6, 6.07) is 6.94. The Morgan fingerprint density at radius 3 is 2.90 bits per heavy atom. The molecule has 1 saturated carbocycles. The van der Waals surface area contributed by atoms with Crippen LogP contribution in [0.25, 0.3) is 0 Å². The average Bonchev–Trinajstić information content (AvgIpc) is 2.94. The van der Waals surface area contributed by atoms with Crippen molar-refractivity contribution in [2.75, 3.05) is 7.11 Å². The van der Waals surface area contributed by atoms with Crippen LogP contribution in [0.1, 0.15) is 29.6 Å². The third-order valence-corrected chi connectivity index (χ3v) is 3.68. The van der Waals surface area contributed by atoms with Crippen molar-refractivity contribution in [2.45, 2.75) is 25.3 Å². The smallest absolute Gasteiger partial charge is 0.255 e. The largest absolute Gasteiger partial charge is 0.496 e. The molecule has 6 heteroatoms. The van der Waals surface area contributed by atoms with Gasteiger partial charge in [-0.25, -0.2) is 0 Å². The first-order valence-corrected chi connectivity index (χ1v) is 6.58. The van der Waals surface area contributed by atoms with Crippen LogP contribution in [0.3, 0.4) is 0 Å². The first-order valence-electron chi connectivity index (χ1n) is 6.58. The lowest BCUT2D eigenvalue weighted by Crippen LogP contribution is -2.42. The molecule has 108 valence electrons. The maximum atomic E-state index is 12.3. The minimum atomic E-state index is -0.204. The summed E-state index contributed by atoms with van der Waals surface area (Å²) in [4.78, 5) is 12.3. The molecule has 1 aromatic carbocycles. The molecule has 0 heterocycles. The highest BCUT2D eigenvalue weighted by atomic mass is 16.5. The first kappa shape index (κ1) is 14.2. The zero-order valence-corrected chi connectivity index (χ0v) is 11.4. The summed E-state index contributed by atoms with van der Waals surface area (Å²) in [5, 5.41) is 14.8. The van der Waals surface area contributed by atoms with Crippen LogP contribution in [-0.2, 0) is 0 Å². The van der Waals surface area contributed by atoms with Crippen molar-refractivity contribution in [3.05, 3.63) is 29.8 Å². The van der Waals surface area contributed by atoms with E-state index >= 15 is 0 Å². The molecule has 0 aliphatic heterocycles. The lowest BCUT2D eigenvalue weighted by atomic mass is 10.0. The minimum absolute atomic E-state index is 0.108. The number of nitrogens with zero attached hydrogens (tertiary/aromatic N) is 1. The summed E-state index contributed by atoms with van der Waals surface area (Å²) in [5.41, 5.74) is 6.15. The molecule has 2 atom stereocenters. The van der Waals surface area contributed by atoms with Crippen LogP contribution in [0.4, 0.5) is 0 Å². The fraction of sp³-hybridized carbons (Fsp3) is 0.429. The fourth-order valence-corrected chi connectivity index (χ4v) is 2.64. The Bertz CT molecular complexity index is 516. The maximum absolute atomic E-state index is 12.3. The van der Waals surface area contributed by atoms with Gasteiger partial charge >= 0.3 is 0 Å². The van der Waals surface area contributed by atoms with E-state index in [-0.39, 0.29) is 23.7 Å². The van der Waals surface area contributed by atoms with Gasteiger partial charge < -0.3 is 21.0 Å². The minimum Gasteiger partial charge on any atom is -0.496 e. The Morgan fingerprint density at radius 2 is 2.20 bits per heavy atom. The second-order valence-corrected chi connectivity index (χ2v) is 4.84. The molecule has 20 heavy (non-hydrogen) atoms. The number of amidine groups is 1. The summed E-state index contributed by atoms with van der Waals surface area (Å²) < 4.78 is 5.18. The number of nitrogens with two attached hydrogens (primary N) is 1. The molecule has 0 radical (unpaired) electrons. The molecule has 1 aliphatic rings. The van der Waals surface area contributed by atoms with Crippen LogP contribution < -0.4 is 15.8 Å². The number of rotatable bonds is 4. The third kappa shape index (κ3) is 2.84. The molecule has 0 aromatic heterocycles. The Balaban J connectivity index is 2.11. The van der Waals surface area contributed by atoms with E-state index in [1.807, 2.05) is 6.07 Å². The van der Waals surface area contributed by atoms with E-state index < -0.39 is 0 Å². The predicted molar refractivity (Wildman–Crippen MR) is 75.0 cm³/mol. The Morgan fingerprint density at radius 1 is 1.45 bits per heavy atom. The van der Waals surface area contributed by atoms with Crippen molar-refractivity contribution in [1.29, 1.82) is 0 Å². The van der Waals surface area contributed by atoms with Crippen molar-refractivity contribution < 1.29 is 14.7 Å². The number of hydrogen-bond acceptors (Lipinski definition) is 4. The monoisotopic (exact) mass is 277 g/mol. The quantitative estimate of drug-likeness (QED) is 0.335. The summed E-state index contributed by atoms with van der Waals surface area (Å²) in [6.45, 7) is 0. The van der Waals surface area contributed by atoms with Gasteiger partial charge in [0.2, 0.25) is 0 Å². The van der Waals surface area contributed by atoms with Gasteiger partial charge in [-0.2, -0.15) is 0 Å². The average molecular weight is 277 g/mol. The van der Waals surface area contributed by atoms with Crippen LogP contribution in [0.15, 0.2) is 29.4 Å². The number of benzene rings is 1. The number of methoxy groups -OCH3 is 1. The number of nitrogens with one attached hydrogen (secondary N) is 1. The number of amides is 1. The van der Waals surface area contributed by atoms with Gasteiger partial charge in [0.1, 0.15) is 11.6 Å². The first-order chi connectivity index (χ1) is 9.67. The summed E-state index contributed by atoms with van der Waals surface area (Å²) in [5.74, 6) is 0.389. The van der Waals surface area contributed by atoms with E-state index in [9.17, 15) is 4.79 Å². The van der Waals surface area contributed by atoms with Gasteiger partial charge in [0.25, 0.3) is 5.91 Å². The van der Waals surface area contributed by atoms with Gasteiger partial charge in [0.15, 0.2) is 0 Å². The van der Waals surface area contributed by atoms with Crippen LogP contribution in [0.5, 0.6) is 5.75 Å². The number of carbonyl (C=O) groups is 1. The topological polar surface area (TPSA) is 96.9 Å². The fourth-order valence-electron chi connectivity index (χ4n) is 2.64. The third-order valence-electron chi connectivity index (χ3n) is 3.68. The van der Waals surface area contributed by atoms with E-state index in [0.717, 1.165) is 19.3 Å². The van der Waals surface area contributed by atoms with Gasteiger partial charge in [-0.1, -0.05) is 23.7 Å². The summed E-state index contributed by atoms with van der Waals surface area (Å²) >= 11 is 0. The standard InChI is InChI=1S/C14H19N3O3/c1-20-12-8-3-2-5-10(12)14(18)16-11-7-4-6-9(11)13(15)17-19/h2-3,5,8-9,11,19H,4,6-7H2,1H3,(H2,15,17)(H,16,18). The Kier molecular flexibility index (Phi) is 4.45. The summed E-state index contributed by atoms with van der Waals surface area (Å²) in [6.07, 6.45) is 2.58. The number of ether oxygens (including phenoxy) is 1. The molecule has 2 rings (SSSR count). The maximum Gasteiger partial charge on any atom is 0.255 e. The van der Waals surface area contributed by atoms with E-state index in [1.165, 1.54) is 7.11 Å². The zero-order chi connectivity index (χ0) is 14.5. The van der Waals surface area contributed by atoms with Crippen molar-refractivity contribution in [1.82, 2.24) is 5.32 Å². The molecule has 1 fully saturated rings. The van der Waals surface area contributed by atoms with Crippen molar-refractivity contribution in [3.8, 4) is 5.75 Å². The summed E-state index contributed by atoms with van der Waals surface area (Å²) in [7, 11) is 1.53. The Hall–Kier alpha value is -2.24. The lowest BCUT2D eigenvalue weighted by Gasteiger charge is -2.20. The van der Waals surface area contributed by atoms with Crippen LogP contribution >= 0.6 is 0 Å². The molecule has 2 unspecified atom stereocenters. The number of carbonyl (C=O) groups excluding carboxylic acids is 1. The van der Waals surface area contributed by atoms with Crippen LogP contribution in [0.2, 0.25) is 0 Å². The van der Waals surface area contributed by atoms with Gasteiger partial charge in [-0.15, -0.1) is 0 Å². The molecule has 1 amide bonds. The van der Waals surface area contributed by atoms with Gasteiger partial charge in [-0.3, -0.25) is 4.79 Å². The molecule has 0 bridgehead atoms. The van der Waals surface area contributed by atoms with E-state index in [0.29, 0.717) is 11.3 Å². The van der Waals surface area contributed by atoms with Crippen molar-refractivity contribution in [2.24, 2.45) is 16.8 Å². The van der Waals surface area contributed by atoms with Crippen molar-refractivity contribution in [3.63, 3.8) is 0 Å². The molecule has 1 aromatic rings. The SMILES string of the molecule is COc1ccccc1C(=O)NC1CCCC1C(N)=NO. The van der Waals surface area contributed by atoms with Crippen LogP contribution in [0, 0.1) is 5.92 Å². The number of oxime groups is 1. The van der Waals surface area contributed by atoms with Crippen molar-refractivity contribution >= 4 is 11.7 Å². The predicted octanol–water partition coefficient (Wildman–Crippen LogP) is 1.34. The Labute approximate surface area is 117 Å². The number of para-hydroxylation sites is 1. The van der Waals surface area contributed by atoms with Gasteiger partial charge in [0.05, 0.1) is 12.7 Å². The molecule has 6 nitrogen and oxygen atoms in total. The molecule has 4 N–H and O–H groups in total. The van der Waals surface area contributed by atoms with Crippen LogP contribution in [-0.4, -0.2) is 30.1 Å². The number of hydrogen-bond donors (Lipinski definition) is 3. The molecule has 1 aliphatic carbocycles. The molecular formula is C14H19N3O3. The van der Waals surface area contributed by atoms with E-state index in [1.54, 1.807) is 18.2 Å². The lowest BCUT2D eigenvalue weighted by molar-refractivity contribution is 0.0930. The zero-order valence-electron chi connectivity index (χ0n) is 11.4. The van der Waals surface area contributed by atoms with E-state index in [2.05, 4.69) is 10.5 Å². The van der Waals surface area contributed by atoms with Gasteiger partial charge in [-0.05, 0) is 25.0 Å². The van der Waals surface area contributed by atoms with E-state index in [4.69, 9.17) is 15.7 Å². The normalized spacial score (nSPS) is 22.6. The second-order valence-electron chi connectivity index (χ2n) is 4.84. The molecular weight excluding hydrogens is 258 g/mol. The molecule has 0 saturated heterocycles.